The van der Waals surface area contributed by atoms with Gasteiger partial charge in [0.2, 0.25) is 0 Å². The Morgan fingerprint density at radius 1 is 1.07 bits per heavy atom. The van der Waals surface area contributed by atoms with Gasteiger partial charge >= 0.3 is 0 Å². The Labute approximate surface area is 154 Å². The number of hydrogen-bond donors (Lipinski definition) is 2. The third kappa shape index (κ3) is 2.61. The molecule has 2 aliphatic rings. The zero-order valence-corrected chi connectivity index (χ0v) is 14.7. The molecule has 138 valence electrons. The zero-order chi connectivity index (χ0) is 19.3. The number of likely N-dealkylation sites (tertiary alicyclic amines) is 1. The normalized spacial score (nSPS) is 15.8. The number of pyridine rings is 1. The number of imide groups is 1. The van der Waals surface area contributed by atoms with E-state index >= 15 is 0 Å². The number of rotatable bonds is 2. The number of carbonyl (C=O) groups excluding carboxylic acids is 3. The number of amides is 3. The highest BCUT2D eigenvalue weighted by Gasteiger charge is 2.32. The largest absolute Gasteiger partial charge is 0.384 e. The van der Waals surface area contributed by atoms with Gasteiger partial charge in [0.25, 0.3) is 23.3 Å². The maximum Gasteiger partial charge on any atom is 0.262 e. The molecule has 8 nitrogen and oxygen atoms in total. The van der Waals surface area contributed by atoms with Gasteiger partial charge in [-0.2, -0.15) is 0 Å². The number of aryl methyl sites for hydroxylation is 1. The summed E-state index contributed by atoms with van der Waals surface area (Å²) in [7, 11) is 0. The minimum atomic E-state index is -0.630. The molecule has 0 spiro atoms. The van der Waals surface area contributed by atoms with E-state index in [1.807, 2.05) is 0 Å². The van der Waals surface area contributed by atoms with E-state index in [9.17, 15) is 19.2 Å². The maximum absolute atomic E-state index is 12.6. The van der Waals surface area contributed by atoms with Gasteiger partial charge in [-0.3, -0.25) is 29.1 Å². The zero-order valence-electron chi connectivity index (χ0n) is 14.7. The second-order valence-electron chi connectivity index (χ2n) is 6.78. The van der Waals surface area contributed by atoms with Gasteiger partial charge in [0.1, 0.15) is 5.82 Å². The van der Waals surface area contributed by atoms with Crippen LogP contribution in [0, 0.1) is 6.92 Å². The summed E-state index contributed by atoms with van der Waals surface area (Å²) < 4.78 is 1.19. The van der Waals surface area contributed by atoms with E-state index in [1.54, 1.807) is 30.0 Å². The van der Waals surface area contributed by atoms with Crippen LogP contribution >= 0.6 is 0 Å². The summed E-state index contributed by atoms with van der Waals surface area (Å²) in [6.45, 7) is 3.26. The quantitative estimate of drug-likeness (QED) is 0.765. The fraction of sp³-hybridized carbons (Fsp3) is 0.263. The Morgan fingerprint density at radius 2 is 1.78 bits per heavy atom. The molecule has 2 aliphatic heterocycles. The lowest BCUT2D eigenvalue weighted by Gasteiger charge is -2.18. The number of nitrogens with two attached hydrogens (primary N) is 1. The average molecular weight is 366 g/mol. The van der Waals surface area contributed by atoms with Crippen molar-refractivity contribution in [2.24, 2.45) is 0 Å². The molecule has 4 rings (SSSR count). The highest BCUT2D eigenvalue weighted by Crippen LogP contribution is 2.25. The first-order chi connectivity index (χ1) is 12.9. The predicted octanol–water partition coefficient (Wildman–Crippen LogP) is 0.848. The van der Waals surface area contributed by atoms with Crippen molar-refractivity contribution < 1.29 is 14.4 Å². The summed E-state index contributed by atoms with van der Waals surface area (Å²) in [5, 5.41) is 2.14. The number of carbonyl (C=O) groups is 3. The van der Waals surface area contributed by atoms with Gasteiger partial charge in [0.15, 0.2) is 0 Å². The van der Waals surface area contributed by atoms with Crippen LogP contribution in [-0.2, 0) is 0 Å². The van der Waals surface area contributed by atoms with Crippen LogP contribution in [0.25, 0.3) is 5.69 Å². The molecule has 0 radical (unpaired) electrons. The van der Waals surface area contributed by atoms with Crippen molar-refractivity contribution >= 4 is 23.5 Å². The van der Waals surface area contributed by atoms with E-state index < -0.39 is 17.4 Å². The summed E-state index contributed by atoms with van der Waals surface area (Å²) in [4.78, 5) is 50.7. The summed E-state index contributed by atoms with van der Waals surface area (Å²) in [5.41, 5.74) is 7.19. The molecular weight excluding hydrogens is 348 g/mol. The molecule has 2 aromatic rings. The minimum absolute atomic E-state index is 0.00350. The van der Waals surface area contributed by atoms with Crippen molar-refractivity contribution in [1.82, 2.24) is 14.8 Å². The van der Waals surface area contributed by atoms with Crippen LogP contribution in [0.3, 0.4) is 0 Å². The Bertz CT molecular complexity index is 1060. The number of benzene rings is 1. The van der Waals surface area contributed by atoms with E-state index in [-0.39, 0.29) is 22.9 Å². The number of nitrogen functional groups attached to an aromatic ring is 1. The molecule has 1 saturated heterocycles. The molecule has 0 bridgehead atoms. The Morgan fingerprint density at radius 3 is 2.44 bits per heavy atom. The number of hydrogen-bond acceptors (Lipinski definition) is 5. The van der Waals surface area contributed by atoms with Crippen molar-refractivity contribution in [2.45, 2.75) is 19.8 Å². The predicted molar refractivity (Wildman–Crippen MR) is 98.1 cm³/mol. The molecule has 0 aliphatic carbocycles. The topological polar surface area (TPSA) is 114 Å². The number of anilines is 1. The van der Waals surface area contributed by atoms with Crippen LogP contribution in [0.1, 0.15) is 49.5 Å². The number of nitrogens with zero attached hydrogens (tertiary/aromatic N) is 2. The monoisotopic (exact) mass is 366 g/mol. The number of fused-ring (bicyclic) bond motifs is 1. The van der Waals surface area contributed by atoms with Crippen molar-refractivity contribution in [2.75, 3.05) is 18.8 Å². The molecule has 27 heavy (non-hydrogen) atoms. The van der Waals surface area contributed by atoms with Gasteiger partial charge in [-0.25, -0.2) is 0 Å². The molecule has 1 aromatic carbocycles. The van der Waals surface area contributed by atoms with E-state index in [1.165, 1.54) is 4.57 Å². The fourth-order valence-electron chi connectivity index (χ4n) is 3.67. The minimum Gasteiger partial charge on any atom is -0.384 e. The second kappa shape index (κ2) is 6.08. The molecule has 0 atom stereocenters. The number of aromatic nitrogens is 1. The summed E-state index contributed by atoms with van der Waals surface area (Å²) in [5.74, 6) is -1.39. The van der Waals surface area contributed by atoms with E-state index in [0.29, 0.717) is 16.8 Å². The first-order valence-electron chi connectivity index (χ1n) is 8.70. The molecule has 3 amide bonds. The van der Waals surface area contributed by atoms with Crippen molar-refractivity contribution in [3.63, 3.8) is 0 Å². The van der Waals surface area contributed by atoms with Crippen molar-refractivity contribution in [1.29, 1.82) is 0 Å². The smallest absolute Gasteiger partial charge is 0.262 e. The fourth-order valence-corrected chi connectivity index (χ4v) is 3.67. The molecule has 1 aromatic heterocycles. The Balaban J connectivity index is 1.80. The highest BCUT2D eigenvalue weighted by molar-refractivity contribution is 6.23. The van der Waals surface area contributed by atoms with Crippen molar-refractivity contribution in [3.8, 4) is 5.69 Å². The summed E-state index contributed by atoms with van der Waals surface area (Å²) >= 11 is 0. The van der Waals surface area contributed by atoms with Crippen LogP contribution in [0.4, 0.5) is 5.82 Å². The van der Waals surface area contributed by atoms with Gasteiger partial charge in [-0.1, -0.05) is 0 Å². The van der Waals surface area contributed by atoms with Crippen LogP contribution < -0.4 is 16.6 Å². The molecule has 8 heteroatoms. The molecule has 3 N–H and O–H groups in total. The Kier molecular flexibility index (Phi) is 3.83. The lowest BCUT2D eigenvalue weighted by molar-refractivity contribution is 0.0791. The van der Waals surface area contributed by atoms with E-state index in [4.69, 9.17) is 5.73 Å². The van der Waals surface area contributed by atoms with Crippen LogP contribution in [-0.4, -0.2) is 40.3 Å². The third-order valence-corrected chi connectivity index (χ3v) is 5.03. The van der Waals surface area contributed by atoms with Gasteiger partial charge < -0.3 is 10.6 Å². The third-order valence-electron chi connectivity index (χ3n) is 5.03. The maximum atomic E-state index is 12.6. The van der Waals surface area contributed by atoms with Gasteiger partial charge in [-0.05, 0) is 43.5 Å². The lowest BCUT2D eigenvalue weighted by Crippen LogP contribution is -2.28. The second-order valence-corrected chi connectivity index (χ2v) is 6.78. The standard InChI is InChI=1S/C19H18N4O4/c1-10-8-11(19(27)22-6-2-3-7-22)4-5-13(10)23-14(24)9-12-15(16(23)20)18(26)21-17(12)25/h4-5,8-9H,2-3,6-7,20H2,1H3,(H,21,25,26). The number of nitrogens with one attached hydrogen (secondary N) is 1. The van der Waals surface area contributed by atoms with Crippen LogP contribution in [0.2, 0.25) is 0 Å². The molecule has 0 saturated carbocycles. The van der Waals surface area contributed by atoms with Gasteiger partial charge in [0.05, 0.1) is 16.8 Å². The summed E-state index contributed by atoms with van der Waals surface area (Å²) in [6.07, 6.45) is 2.01. The Hall–Kier alpha value is -3.42. The van der Waals surface area contributed by atoms with E-state index in [2.05, 4.69) is 5.32 Å². The van der Waals surface area contributed by atoms with Gasteiger partial charge in [-0.15, -0.1) is 0 Å². The van der Waals surface area contributed by atoms with E-state index in [0.717, 1.165) is 32.0 Å². The summed E-state index contributed by atoms with van der Waals surface area (Å²) in [6, 6.07) is 6.10. The SMILES string of the molecule is Cc1cc(C(=O)N2CCCC2)ccc1-n1c(N)c2c(cc1=O)C(=O)NC2=O. The molecule has 3 heterocycles. The highest BCUT2D eigenvalue weighted by atomic mass is 16.2. The lowest BCUT2D eigenvalue weighted by atomic mass is 10.1. The molecule has 0 unspecified atom stereocenters. The van der Waals surface area contributed by atoms with Crippen LogP contribution in [0.15, 0.2) is 29.1 Å². The average Bonchev–Trinajstić information content (AvgIpc) is 3.24. The van der Waals surface area contributed by atoms with Crippen molar-refractivity contribution in [3.05, 3.63) is 56.9 Å². The van der Waals surface area contributed by atoms with Gasteiger partial charge in [0, 0.05) is 24.7 Å². The first kappa shape index (κ1) is 17.0. The first-order valence-corrected chi connectivity index (χ1v) is 8.70. The van der Waals surface area contributed by atoms with Crippen LogP contribution in [0.5, 0.6) is 0 Å². The molecular formula is C19H18N4O4. The molecule has 1 fully saturated rings.